The predicted molar refractivity (Wildman–Crippen MR) is 54.0 cm³/mol. The van der Waals surface area contributed by atoms with Crippen molar-refractivity contribution in [3.8, 4) is 0 Å². The Morgan fingerprint density at radius 1 is 1.38 bits per heavy atom. The summed E-state index contributed by atoms with van der Waals surface area (Å²) < 4.78 is 0. The third-order valence-electron chi connectivity index (χ3n) is 2.86. The van der Waals surface area contributed by atoms with E-state index in [0.717, 1.165) is 31.6 Å². The molecular formula is C10H20N2O. The van der Waals surface area contributed by atoms with Crippen molar-refractivity contribution >= 4 is 5.84 Å². The zero-order valence-electron chi connectivity index (χ0n) is 8.80. The van der Waals surface area contributed by atoms with Crippen molar-refractivity contribution in [1.29, 1.82) is 0 Å². The van der Waals surface area contributed by atoms with E-state index in [-0.39, 0.29) is 0 Å². The zero-order chi connectivity index (χ0) is 9.90. The molecule has 1 aliphatic rings. The Balaban J connectivity index is 2.51. The van der Waals surface area contributed by atoms with Crippen LogP contribution in [0.25, 0.3) is 0 Å². The van der Waals surface area contributed by atoms with E-state index in [1.54, 1.807) is 0 Å². The lowest BCUT2D eigenvalue weighted by molar-refractivity contribution is 0.215. The van der Waals surface area contributed by atoms with Gasteiger partial charge in [-0.2, -0.15) is 0 Å². The lowest BCUT2D eigenvalue weighted by atomic mass is 9.76. The number of aliphatic imine (C=N–C) groups is 1. The summed E-state index contributed by atoms with van der Waals surface area (Å²) in [6, 6.07) is 0. The summed E-state index contributed by atoms with van der Waals surface area (Å²) in [5, 5.41) is 8.72. The molecule has 0 saturated carbocycles. The maximum atomic E-state index is 8.72. The quantitative estimate of drug-likeness (QED) is 0.567. The second-order valence-corrected chi connectivity index (χ2v) is 4.83. The molecule has 13 heavy (non-hydrogen) atoms. The lowest BCUT2D eigenvalue weighted by Gasteiger charge is -2.29. The summed E-state index contributed by atoms with van der Waals surface area (Å²) in [5.74, 6) is 1.45. The molecule has 3 heteroatoms. The van der Waals surface area contributed by atoms with E-state index in [1.165, 1.54) is 0 Å². The van der Waals surface area contributed by atoms with E-state index < -0.39 is 0 Å². The number of hydrogen-bond acceptors (Lipinski definition) is 3. The van der Waals surface area contributed by atoms with Crippen molar-refractivity contribution in [3.63, 3.8) is 0 Å². The minimum atomic E-state index is 0.362. The Labute approximate surface area is 80.2 Å². The normalized spacial score (nSPS) is 24.9. The van der Waals surface area contributed by atoms with Crippen LogP contribution in [0.1, 0.15) is 40.0 Å². The van der Waals surface area contributed by atoms with Gasteiger partial charge in [0.25, 0.3) is 0 Å². The molecule has 0 aromatic heterocycles. The molecule has 1 atom stereocenters. The molecule has 1 heterocycles. The highest BCUT2D eigenvalue weighted by atomic mass is 16.5. The van der Waals surface area contributed by atoms with Gasteiger partial charge in [-0.15, -0.1) is 0 Å². The third-order valence-corrected chi connectivity index (χ3v) is 2.86. The van der Waals surface area contributed by atoms with Crippen LogP contribution in [0.5, 0.6) is 0 Å². The first-order valence-corrected chi connectivity index (χ1v) is 4.97. The largest absolute Gasteiger partial charge is 0.290 e. The summed E-state index contributed by atoms with van der Waals surface area (Å²) >= 11 is 0. The van der Waals surface area contributed by atoms with Gasteiger partial charge in [-0.05, 0) is 24.2 Å². The second-order valence-electron chi connectivity index (χ2n) is 4.83. The molecule has 3 nitrogen and oxygen atoms in total. The van der Waals surface area contributed by atoms with Crippen molar-refractivity contribution in [3.05, 3.63) is 0 Å². The maximum Gasteiger partial charge on any atom is 0.120 e. The first-order chi connectivity index (χ1) is 6.04. The zero-order valence-corrected chi connectivity index (χ0v) is 8.80. The van der Waals surface area contributed by atoms with Crippen LogP contribution in [0.3, 0.4) is 0 Å². The number of rotatable bonds is 0. The van der Waals surface area contributed by atoms with Gasteiger partial charge in [0.2, 0.25) is 0 Å². The number of hydroxylamine groups is 1. The topological polar surface area (TPSA) is 44.6 Å². The van der Waals surface area contributed by atoms with Crippen LogP contribution in [0.2, 0.25) is 0 Å². The molecule has 0 saturated heterocycles. The Morgan fingerprint density at radius 2 is 2.08 bits per heavy atom. The average Bonchev–Trinajstić information content (AvgIpc) is 2.26. The van der Waals surface area contributed by atoms with Gasteiger partial charge in [-0.3, -0.25) is 15.7 Å². The summed E-state index contributed by atoms with van der Waals surface area (Å²) in [5.41, 5.74) is 2.53. The molecule has 1 aliphatic heterocycles. The summed E-state index contributed by atoms with van der Waals surface area (Å²) in [4.78, 5) is 4.26. The standard InChI is InChI=1S/C10H20N2O/c1-10(2,3)8-4-5-9(12-13)11-7-6-8/h8,13H,4-7H2,1-3H3,(H,11,12). The molecule has 0 bridgehead atoms. The van der Waals surface area contributed by atoms with E-state index in [2.05, 4.69) is 31.2 Å². The molecule has 0 fully saturated rings. The Kier molecular flexibility index (Phi) is 3.31. The Hall–Kier alpha value is -0.570. The van der Waals surface area contributed by atoms with Crippen molar-refractivity contribution in [2.75, 3.05) is 6.54 Å². The second kappa shape index (κ2) is 4.09. The predicted octanol–water partition coefficient (Wildman–Crippen LogP) is 2.21. The molecule has 0 radical (unpaired) electrons. The molecule has 0 spiro atoms. The molecule has 0 aliphatic carbocycles. The number of hydrogen-bond donors (Lipinski definition) is 2. The minimum Gasteiger partial charge on any atom is -0.290 e. The van der Waals surface area contributed by atoms with Gasteiger partial charge in [-0.25, -0.2) is 0 Å². The fourth-order valence-electron chi connectivity index (χ4n) is 1.85. The van der Waals surface area contributed by atoms with Crippen LogP contribution in [0.4, 0.5) is 0 Å². The fourth-order valence-corrected chi connectivity index (χ4v) is 1.85. The van der Waals surface area contributed by atoms with Gasteiger partial charge >= 0.3 is 0 Å². The fraction of sp³-hybridized carbons (Fsp3) is 0.900. The van der Waals surface area contributed by atoms with Gasteiger partial charge in [-0.1, -0.05) is 20.8 Å². The van der Waals surface area contributed by atoms with Gasteiger partial charge < -0.3 is 0 Å². The SMILES string of the molecule is CC(C)(C)C1CCN=C(NO)CC1. The average molecular weight is 184 g/mol. The Morgan fingerprint density at radius 3 is 2.62 bits per heavy atom. The van der Waals surface area contributed by atoms with Crippen molar-refractivity contribution in [2.24, 2.45) is 16.3 Å². The lowest BCUT2D eigenvalue weighted by Crippen LogP contribution is -2.22. The van der Waals surface area contributed by atoms with Crippen molar-refractivity contribution in [2.45, 2.75) is 40.0 Å². The van der Waals surface area contributed by atoms with Crippen LogP contribution in [-0.2, 0) is 0 Å². The van der Waals surface area contributed by atoms with Gasteiger partial charge in [0.15, 0.2) is 0 Å². The number of nitrogens with one attached hydrogen (secondary N) is 1. The van der Waals surface area contributed by atoms with Crippen LogP contribution in [0, 0.1) is 11.3 Å². The van der Waals surface area contributed by atoms with E-state index in [0.29, 0.717) is 11.3 Å². The molecule has 1 unspecified atom stereocenters. The monoisotopic (exact) mass is 184 g/mol. The van der Waals surface area contributed by atoms with Crippen LogP contribution in [0.15, 0.2) is 4.99 Å². The van der Waals surface area contributed by atoms with E-state index >= 15 is 0 Å². The van der Waals surface area contributed by atoms with E-state index in [9.17, 15) is 0 Å². The van der Waals surface area contributed by atoms with Gasteiger partial charge in [0.1, 0.15) is 5.84 Å². The van der Waals surface area contributed by atoms with Crippen molar-refractivity contribution in [1.82, 2.24) is 5.48 Å². The van der Waals surface area contributed by atoms with Gasteiger partial charge in [0.05, 0.1) is 0 Å². The van der Waals surface area contributed by atoms with Crippen LogP contribution < -0.4 is 5.48 Å². The molecule has 0 aromatic rings. The summed E-state index contributed by atoms with van der Waals surface area (Å²) in [6.45, 7) is 7.66. The molecule has 2 N–H and O–H groups in total. The number of amidine groups is 1. The Bertz CT molecular complexity index is 194. The van der Waals surface area contributed by atoms with Gasteiger partial charge in [0, 0.05) is 13.0 Å². The minimum absolute atomic E-state index is 0.362. The smallest absolute Gasteiger partial charge is 0.120 e. The first-order valence-electron chi connectivity index (χ1n) is 4.97. The molecule has 0 aromatic carbocycles. The maximum absolute atomic E-state index is 8.72. The molecule has 0 amide bonds. The van der Waals surface area contributed by atoms with E-state index in [1.807, 2.05) is 0 Å². The molecular weight excluding hydrogens is 164 g/mol. The van der Waals surface area contributed by atoms with E-state index in [4.69, 9.17) is 5.21 Å². The highest BCUT2D eigenvalue weighted by molar-refractivity contribution is 5.81. The van der Waals surface area contributed by atoms with Crippen LogP contribution in [-0.4, -0.2) is 17.6 Å². The highest BCUT2D eigenvalue weighted by Crippen LogP contribution is 2.33. The molecule has 76 valence electrons. The highest BCUT2D eigenvalue weighted by Gasteiger charge is 2.25. The summed E-state index contributed by atoms with van der Waals surface area (Å²) in [7, 11) is 0. The first kappa shape index (κ1) is 10.5. The molecule has 1 rings (SSSR count). The van der Waals surface area contributed by atoms with Crippen LogP contribution >= 0.6 is 0 Å². The third kappa shape index (κ3) is 2.99. The summed E-state index contributed by atoms with van der Waals surface area (Å²) in [6.07, 6.45) is 3.13. The number of nitrogens with zero attached hydrogens (tertiary/aromatic N) is 1. The van der Waals surface area contributed by atoms with Crippen molar-refractivity contribution < 1.29 is 5.21 Å².